The van der Waals surface area contributed by atoms with Gasteiger partial charge < -0.3 is 5.11 Å². The van der Waals surface area contributed by atoms with E-state index in [0.717, 1.165) is 18.4 Å². The molecule has 0 unspecified atom stereocenters. The molecule has 0 bridgehead atoms. The zero-order chi connectivity index (χ0) is 13.6. The molecule has 1 aliphatic rings. The molecule has 5 nitrogen and oxygen atoms in total. The van der Waals surface area contributed by atoms with Crippen molar-refractivity contribution in [2.75, 3.05) is 0 Å². The first-order chi connectivity index (χ1) is 9.08. The van der Waals surface area contributed by atoms with Crippen molar-refractivity contribution < 1.29 is 14.3 Å². The van der Waals surface area contributed by atoms with E-state index in [1.807, 2.05) is 0 Å². The van der Waals surface area contributed by atoms with Gasteiger partial charge in [0.25, 0.3) is 0 Å². The van der Waals surface area contributed by atoms with Gasteiger partial charge in [0.2, 0.25) is 0 Å². The Kier molecular flexibility index (Phi) is 2.58. The molecule has 1 aromatic heterocycles. The van der Waals surface area contributed by atoms with Crippen molar-refractivity contribution in [3.63, 3.8) is 0 Å². The van der Waals surface area contributed by atoms with Crippen LogP contribution in [0, 0.1) is 12.7 Å². The van der Waals surface area contributed by atoms with Crippen molar-refractivity contribution in [3.05, 3.63) is 41.0 Å². The summed E-state index contributed by atoms with van der Waals surface area (Å²) >= 11 is 0. The molecule has 1 aromatic carbocycles. The highest BCUT2D eigenvalue weighted by molar-refractivity contribution is 5.87. The van der Waals surface area contributed by atoms with Gasteiger partial charge in [-0.1, -0.05) is 11.3 Å². The van der Waals surface area contributed by atoms with Crippen LogP contribution in [-0.4, -0.2) is 26.1 Å². The Morgan fingerprint density at radius 3 is 2.79 bits per heavy atom. The number of halogens is 1. The summed E-state index contributed by atoms with van der Waals surface area (Å²) in [6, 6.07) is 4.75. The number of hydrogen-bond donors (Lipinski definition) is 1. The van der Waals surface area contributed by atoms with Gasteiger partial charge in [-0.05, 0) is 37.5 Å². The highest BCUT2D eigenvalue weighted by Gasteiger charge is 2.34. The quantitative estimate of drug-likeness (QED) is 0.920. The fraction of sp³-hybridized carbons (Fsp3) is 0.308. The first-order valence-electron chi connectivity index (χ1n) is 6.03. The molecule has 0 amide bonds. The fourth-order valence-electron chi connectivity index (χ4n) is 2.13. The first kappa shape index (κ1) is 11.8. The lowest BCUT2D eigenvalue weighted by molar-refractivity contribution is 0.0689. The Balaban J connectivity index is 2.17. The van der Waals surface area contributed by atoms with Crippen LogP contribution in [0.3, 0.4) is 0 Å². The third kappa shape index (κ3) is 1.99. The minimum absolute atomic E-state index is 0.0810. The predicted molar refractivity (Wildman–Crippen MR) is 65.0 cm³/mol. The van der Waals surface area contributed by atoms with Gasteiger partial charge in [0.15, 0.2) is 5.69 Å². The van der Waals surface area contributed by atoms with Crippen LogP contribution in [0.1, 0.15) is 40.5 Å². The van der Waals surface area contributed by atoms with Crippen LogP contribution in [0.5, 0.6) is 0 Å². The number of carbonyl (C=O) groups is 1. The standard InChI is InChI=1S/C13H12FN3O2/c1-7-2-5-10(9(14)6-7)17-12(8-3-4-8)11(13(18)19)15-16-17/h2,5-6,8H,3-4H2,1H3,(H,18,19). The molecule has 0 radical (unpaired) electrons. The lowest BCUT2D eigenvalue weighted by atomic mass is 10.2. The molecular formula is C13H12FN3O2. The fourth-order valence-corrected chi connectivity index (χ4v) is 2.13. The number of benzene rings is 1. The molecule has 1 heterocycles. The normalized spacial score (nSPS) is 14.6. The van der Waals surface area contributed by atoms with Crippen LogP contribution in [0.15, 0.2) is 18.2 Å². The number of carboxylic acid groups (broad SMARTS) is 1. The molecule has 19 heavy (non-hydrogen) atoms. The molecule has 0 spiro atoms. The van der Waals surface area contributed by atoms with Crippen LogP contribution >= 0.6 is 0 Å². The number of aromatic carboxylic acids is 1. The second kappa shape index (κ2) is 4.15. The third-order valence-corrected chi connectivity index (χ3v) is 3.20. The third-order valence-electron chi connectivity index (χ3n) is 3.20. The zero-order valence-electron chi connectivity index (χ0n) is 10.3. The minimum atomic E-state index is -1.12. The van der Waals surface area contributed by atoms with E-state index in [-0.39, 0.29) is 17.3 Å². The Hall–Kier alpha value is -2.24. The molecule has 1 fully saturated rings. The van der Waals surface area contributed by atoms with Crippen molar-refractivity contribution in [2.24, 2.45) is 0 Å². The average molecular weight is 261 g/mol. The summed E-state index contributed by atoms with van der Waals surface area (Å²) in [7, 11) is 0. The number of nitrogens with zero attached hydrogens (tertiary/aromatic N) is 3. The number of aromatic nitrogens is 3. The van der Waals surface area contributed by atoms with E-state index < -0.39 is 11.8 Å². The summed E-state index contributed by atoms with van der Waals surface area (Å²) in [5.41, 5.74) is 1.46. The summed E-state index contributed by atoms with van der Waals surface area (Å²) in [4.78, 5) is 11.1. The highest BCUT2D eigenvalue weighted by atomic mass is 19.1. The molecule has 0 aliphatic heterocycles. The maximum atomic E-state index is 14.0. The average Bonchev–Trinajstić information content (AvgIpc) is 3.08. The van der Waals surface area contributed by atoms with Gasteiger partial charge in [0, 0.05) is 5.92 Å². The van der Waals surface area contributed by atoms with Crippen molar-refractivity contribution in [1.29, 1.82) is 0 Å². The van der Waals surface area contributed by atoms with E-state index in [2.05, 4.69) is 10.3 Å². The van der Waals surface area contributed by atoms with E-state index in [4.69, 9.17) is 5.11 Å². The largest absolute Gasteiger partial charge is 0.476 e. The molecule has 1 N–H and O–H groups in total. The first-order valence-corrected chi connectivity index (χ1v) is 6.03. The number of rotatable bonds is 3. The Morgan fingerprint density at radius 2 is 2.21 bits per heavy atom. The van der Waals surface area contributed by atoms with Crippen LogP contribution in [0.4, 0.5) is 4.39 Å². The second-order valence-electron chi connectivity index (χ2n) is 4.77. The summed E-state index contributed by atoms with van der Waals surface area (Å²) in [5.74, 6) is -1.44. The predicted octanol–water partition coefficient (Wildman–Crippen LogP) is 2.29. The summed E-state index contributed by atoms with van der Waals surface area (Å²) in [6.07, 6.45) is 1.78. The molecule has 3 rings (SSSR count). The van der Waals surface area contributed by atoms with E-state index in [1.54, 1.807) is 19.1 Å². The van der Waals surface area contributed by atoms with Crippen LogP contribution in [0.2, 0.25) is 0 Å². The van der Waals surface area contributed by atoms with Crippen LogP contribution in [-0.2, 0) is 0 Å². The van der Waals surface area contributed by atoms with Gasteiger partial charge in [-0.2, -0.15) is 0 Å². The molecule has 0 atom stereocenters. The molecule has 98 valence electrons. The van der Waals surface area contributed by atoms with Crippen LogP contribution in [0.25, 0.3) is 5.69 Å². The molecule has 6 heteroatoms. The van der Waals surface area contributed by atoms with E-state index in [0.29, 0.717) is 5.69 Å². The minimum Gasteiger partial charge on any atom is -0.476 e. The smallest absolute Gasteiger partial charge is 0.358 e. The van der Waals surface area contributed by atoms with Crippen molar-refractivity contribution >= 4 is 5.97 Å². The van der Waals surface area contributed by atoms with Gasteiger partial charge in [-0.3, -0.25) is 0 Å². The molecule has 0 saturated heterocycles. The maximum Gasteiger partial charge on any atom is 0.358 e. The van der Waals surface area contributed by atoms with E-state index in [9.17, 15) is 9.18 Å². The molecular weight excluding hydrogens is 249 g/mol. The summed E-state index contributed by atoms with van der Waals surface area (Å²) in [6.45, 7) is 1.79. The van der Waals surface area contributed by atoms with Crippen molar-refractivity contribution in [1.82, 2.24) is 15.0 Å². The maximum absolute atomic E-state index is 14.0. The van der Waals surface area contributed by atoms with Gasteiger partial charge >= 0.3 is 5.97 Å². The van der Waals surface area contributed by atoms with Crippen molar-refractivity contribution in [2.45, 2.75) is 25.7 Å². The summed E-state index contributed by atoms with van der Waals surface area (Å²) < 4.78 is 15.3. The van der Waals surface area contributed by atoms with E-state index in [1.165, 1.54) is 10.7 Å². The Morgan fingerprint density at radius 1 is 1.47 bits per heavy atom. The molecule has 2 aromatic rings. The van der Waals surface area contributed by atoms with Gasteiger partial charge in [0.05, 0.1) is 5.69 Å². The number of carboxylic acids is 1. The second-order valence-corrected chi connectivity index (χ2v) is 4.77. The zero-order valence-corrected chi connectivity index (χ0v) is 10.3. The molecule has 1 aliphatic carbocycles. The SMILES string of the molecule is Cc1ccc(-n2nnc(C(=O)O)c2C2CC2)c(F)c1. The Bertz CT molecular complexity index is 662. The lowest BCUT2D eigenvalue weighted by Crippen LogP contribution is -2.07. The lowest BCUT2D eigenvalue weighted by Gasteiger charge is -2.07. The highest BCUT2D eigenvalue weighted by Crippen LogP contribution is 2.42. The van der Waals surface area contributed by atoms with Crippen molar-refractivity contribution in [3.8, 4) is 5.69 Å². The van der Waals surface area contributed by atoms with Gasteiger partial charge in [-0.25, -0.2) is 13.9 Å². The van der Waals surface area contributed by atoms with Crippen LogP contribution < -0.4 is 0 Å². The van der Waals surface area contributed by atoms with E-state index >= 15 is 0 Å². The number of aryl methyl sites for hydroxylation is 1. The topological polar surface area (TPSA) is 68.0 Å². The summed E-state index contributed by atoms with van der Waals surface area (Å²) in [5, 5.41) is 16.6. The monoisotopic (exact) mass is 261 g/mol. The Labute approximate surface area is 108 Å². The molecule has 1 saturated carbocycles. The van der Waals surface area contributed by atoms with Gasteiger partial charge in [-0.15, -0.1) is 5.10 Å². The number of hydrogen-bond acceptors (Lipinski definition) is 3. The van der Waals surface area contributed by atoms with Gasteiger partial charge in [0.1, 0.15) is 11.5 Å².